The fourth-order valence-electron chi connectivity index (χ4n) is 0.291. The summed E-state index contributed by atoms with van der Waals surface area (Å²) in [6.07, 6.45) is -0.445. The zero-order valence-electron chi connectivity index (χ0n) is 7.59. The van der Waals surface area contributed by atoms with E-state index in [0.717, 1.165) is 0 Å². The number of hydrogen-bond acceptors (Lipinski definition) is 2. The molecular weight excluding hydrogens is 181 g/mol. The first-order valence-corrected chi connectivity index (χ1v) is 3.55. The Hall–Kier alpha value is 0.0144. The van der Waals surface area contributed by atoms with Gasteiger partial charge in [-0.05, 0) is 6.92 Å². The van der Waals surface area contributed by atoms with Gasteiger partial charge < -0.3 is 10.4 Å². The largest absolute Gasteiger partial charge is 0.392 e. The molecule has 11 heavy (non-hydrogen) atoms. The second kappa shape index (κ2) is 12.7. The van der Waals surface area contributed by atoms with Gasteiger partial charge in [0.2, 0.25) is 5.91 Å². The minimum absolute atomic E-state index is 0. The number of aliphatic hydroxyl groups is 1. The fraction of sp³-hybridized carbons (Fsp3) is 0.857. The van der Waals surface area contributed by atoms with E-state index in [1.807, 2.05) is 13.8 Å². The number of nitrogens with one attached hydrogen (secondary N) is 1. The maximum Gasteiger partial charge on any atom is 0.216 e. The molecule has 1 amide bonds. The van der Waals surface area contributed by atoms with Crippen LogP contribution in [0.5, 0.6) is 0 Å². The topological polar surface area (TPSA) is 49.3 Å². The van der Waals surface area contributed by atoms with E-state index in [1.54, 1.807) is 6.92 Å². The van der Waals surface area contributed by atoms with Crippen LogP contribution in [-0.4, -0.2) is 23.7 Å². The predicted octanol–water partition coefficient (Wildman–Crippen LogP) is 0.527. The molecule has 0 fully saturated rings. The van der Waals surface area contributed by atoms with E-state index < -0.39 is 6.10 Å². The van der Waals surface area contributed by atoms with E-state index in [4.69, 9.17) is 5.11 Å². The first-order chi connectivity index (χ1) is 4.63. The maximum atomic E-state index is 10.1. The summed E-state index contributed by atoms with van der Waals surface area (Å²) in [5, 5.41) is 11.0. The molecule has 3 nitrogen and oxygen atoms in total. The van der Waals surface area contributed by atoms with E-state index in [2.05, 4.69) is 5.32 Å². The van der Waals surface area contributed by atoms with Crippen LogP contribution in [0, 0.1) is 0 Å². The molecule has 67 valence electrons. The van der Waals surface area contributed by atoms with Gasteiger partial charge in [0, 0.05) is 32.0 Å². The Kier molecular flexibility index (Phi) is 19.8. The number of rotatable bonds is 2. The summed E-state index contributed by atoms with van der Waals surface area (Å²) >= 11 is 0. The molecule has 4 heteroatoms. The van der Waals surface area contributed by atoms with Crippen molar-refractivity contribution < 1.29 is 28.5 Å². The maximum absolute atomic E-state index is 10.1. The Labute approximate surface area is 80.4 Å². The standard InChI is InChI=1S/C5H11NO2.C2H6.V/c1-4(7)3-6-5(2)8;1-2;/h4,7H,3H2,1-2H3,(H,6,8);1-2H3;. The van der Waals surface area contributed by atoms with E-state index in [9.17, 15) is 4.79 Å². The number of carbonyl (C=O) groups is 1. The molecule has 0 spiro atoms. The van der Waals surface area contributed by atoms with Gasteiger partial charge in [0.25, 0.3) is 0 Å². The molecule has 0 aliphatic carbocycles. The van der Waals surface area contributed by atoms with Crippen molar-refractivity contribution in [2.75, 3.05) is 6.54 Å². The fourth-order valence-corrected chi connectivity index (χ4v) is 0.291. The minimum Gasteiger partial charge on any atom is -0.392 e. The van der Waals surface area contributed by atoms with Crippen molar-refractivity contribution in [3.8, 4) is 0 Å². The summed E-state index contributed by atoms with van der Waals surface area (Å²) in [6.45, 7) is 7.38. The van der Waals surface area contributed by atoms with Crippen LogP contribution >= 0.6 is 0 Å². The van der Waals surface area contributed by atoms with Crippen LogP contribution in [-0.2, 0) is 23.4 Å². The van der Waals surface area contributed by atoms with Crippen molar-refractivity contribution in [1.82, 2.24) is 5.32 Å². The summed E-state index contributed by atoms with van der Waals surface area (Å²) in [5.74, 6) is -0.106. The molecule has 0 aliphatic rings. The summed E-state index contributed by atoms with van der Waals surface area (Å²) in [5.41, 5.74) is 0. The quantitative estimate of drug-likeness (QED) is 0.679. The van der Waals surface area contributed by atoms with E-state index >= 15 is 0 Å². The Morgan fingerprint density at radius 2 is 1.91 bits per heavy atom. The van der Waals surface area contributed by atoms with Gasteiger partial charge in [-0.15, -0.1) is 0 Å². The van der Waals surface area contributed by atoms with Crippen LogP contribution in [0.25, 0.3) is 0 Å². The average molecular weight is 198 g/mol. The van der Waals surface area contributed by atoms with Crippen molar-refractivity contribution in [3.05, 3.63) is 0 Å². The Morgan fingerprint density at radius 3 is 2.00 bits per heavy atom. The number of aliphatic hydroxyl groups excluding tert-OH is 1. The molecule has 0 aromatic heterocycles. The van der Waals surface area contributed by atoms with Gasteiger partial charge in [0.1, 0.15) is 0 Å². The third kappa shape index (κ3) is 25.6. The Morgan fingerprint density at radius 1 is 1.55 bits per heavy atom. The van der Waals surface area contributed by atoms with Crippen LogP contribution in [0.4, 0.5) is 0 Å². The van der Waals surface area contributed by atoms with Crippen LogP contribution in [0.15, 0.2) is 0 Å². The molecule has 1 atom stereocenters. The van der Waals surface area contributed by atoms with Gasteiger partial charge in [-0.2, -0.15) is 0 Å². The molecule has 0 bridgehead atoms. The van der Waals surface area contributed by atoms with Crippen LogP contribution in [0.2, 0.25) is 0 Å². The molecule has 0 saturated carbocycles. The number of hydrogen-bond donors (Lipinski definition) is 2. The molecule has 0 heterocycles. The smallest absolute Gasteiger partial charge is 0.216 e. The molecule has 2 N–H and O–H groups in total. The Balaban J connectivity index is -0.000000196. The van der Waals surface area contributed by atoms with E-state index in [-0.39, 0.29) is 24.5 Å². The second-order valence-electron chi connectivity index (χ2n) is 1.79. The molecule has 0 aromatic carbocycles. The van der Waals surface area contributed by atoms with Crippen molar-refractivity contribution in [3.63, 3.8) is 0 Å². The zero-order chi connectivity index (χ0) is 8.57. The summed E-state index contributed by atoms with van der Waals surface area (Å²) in [4.78, 5) is 10.1. The van der Waals surface area contributed by atoms with Crippen molar-refractivity contribution in [2.45, 2.75) is 33.8 Å². The first kappa shape index (κ1) is 17.2. The first-order valence-electron chi connectivity index (χ1n) is 3.55. The van der Waals surface area contributed by atoms with Crippen LogP contribution in [0.1, 0.15) is 27.7 Å². The monoisotopic (exact) mass is 198 g/mol. The minimum atomic E-state index is -0.445. The SMILES string of the molecule is CC.CC(=O)NCC(C)O.[V]. The molecule has 0 saturated heterocycles. The van der Waals surface area contributed by atoms with Crippen molar-refractivity contribution in [2.24, 2.45) is 0 Å². The summed E-state index contributed by atoms with van der Waals surface area (Å²) in [7, 11) is 0. The number of amides is 1. The molecule has 1 unspecified atom stereocenters. The van der Waals surface area contributed by atoms with Crippen LogP contribution in [0.3, 0.4) is 0 Å². The molecule has 0 aliphatic heterocycles. The van der Waals surface area contributed by atoms with Gasteiger partial charge in [-0.25, -0.2) is 0 Å². The van der Waals surface area contributed by atoms with Gasteiger partial charge in [-0.3, -0.25) is 4.79 Å². The third-order valence-electron chi connectivity index (χ3n) is 0.646. The van der Waals surface area contributed by atoms with Crippen molar-refractivity contribution >= 4 is 5.91 Å². The number of carbonyl (C=O) groups excluding carboxylic acids is 1. The van der Waals surface area contributed by atoms with Gasteiger partial charge >= 0.3 is 0 Å². The average Bonchev–Trinajstić information content (AvgIpc) is 1.89. The van der Waals surface area contributed by atoms with Gasteiger partial charge in [-0.1, -0.05) is 13.8 Å². The van der Waals surface area contributed by atoms with E-state index in [0.29, 0.717) is 6.54 Å². The molecule has 0 aromatic rings. The molecular formula is C7H17NO2V. The van der Waals surface area contributed by atoms with Gasteiger partial charge in [0.05, 0.1) is 6.10 Å². The summed E-state index contributed by atoms with van der Waals surface area (Å²) < 4.78 is 0. The predicted molar refractivity (Wildman–Crippen MR) is 41.7 cm³/mol. The second-order valence-corrected chi connectivity index (χ2v) is 1.79. The molecule has 1 radical (unpaired) electrons. The molecule has 0 rings (SSSR count). The third-order valence-corrected chi connectivity index (χ3v) is 0.646. The van der Waals surface area contributed by atoms with Gasteiger partial charge in [0.15, 0.2) is 0 Å². The zero-order valence-corrected chi connectivity index (χ0v) is 8.98. The van der Waals surface area contributed by atoms with Crippen molar-refractivity contribution in [1.29, 1.82) is 0 Å². The normalized spacial score (nSPS) is 9.91. The van der Waals surface area contributed by atoms with Crippen LogP contribution < -0.4 is 5.32 Å². The summed E-state index contributed by atoms with van der Waals surface area (Å²) in [6, 6.07) is 0. The van der Waals surface area contributed by atoms with E-state index in [1.165, 1.54) is 6.92 Å². The Bertz CT molecular complexity index is 86.5.